The molecule has 2 rings (SSSR count). The highest BCUT2D eigenvalue weighted by Crippen LogP contribution is 2.25. The van der Waals surface area contributed by atoms with Crippen molar-refractivity contribution in [3.63, 3.8) is 0 Å². The molecule has 1 aliphatic carbocycles. The van der Waals surface area contributed by atoms with Crippen LogP contribution in [0.15, 0.2) is 23.1 Å². The van der Waals surface area contributed by atoms with Crippen LogP contribution in [0.2, 0.25) is 0 Å². The van der Waals surface area contributed by atoms with Crippen molar-refractivity contribution in [3.05, 3.63) is 29.3 Å². The minimum atomic E-state index is 0.0233. The van der Waals surface area contributed by atoms with E-state index in [1.165, 1.54) is 28.9 Å². The highest BCUT2D eigenvalue weighted by Gasteiger charge is 2.24. The molecule has 1 saturated carbocycles. The molecule has 0 bridgehead atoms. The van der Waals surface area contributed by atoms with Gasteiger partial charge >= 0.3 is 0 Å². The second-order valence-electron chi connectivity index (χ2n) is 5.03. The number of thioether (sulfide) groups is 1. The zero-order valence-corrected chi connectivity index (χ0v) is 11.9. The van der Waals surface area contributed by atoms with Crippen LogP contribution < -0.4 is 5.32 Å². The van der Waals surface area contributed by atoms with E-state index in [0.717, 1.165) is 12.2 Å². The fourth-order valence-corrected chi connectivity index (χ4v) is 3.01. The third-order valence-electron chi connectivity index (χ3n) is 3.18. The monoisotopic (exact) mass is 260 g/mol. The molecule has 96 valence electrons. The second kappa shape index (κ2) is 6.26. The summed E-state index contributed by atoms with van der Waals surface area (Å²) in [6.07, 6.45) is 3.40. The maximum Gasteiger partial charge on any atom is 0.0963 e. The van der Waals surface area contributed by atoms with E-state index >= 15 is 0 Å². The molecule has 0 spiro atoms. The van der Waals surface area contributed by atoms with Gasteiger partial charge in [-0.15, -0.1) is 11.8 Å². The van der Waals surface area contributed by atoms with Gasteiger partial charge < -0.3 is 0 Å². The summed E-state index contributed by atoms with van der Waals surface area (Å²) in [5, 5.41) is 12.5. The summed E-state index contributed by atoms with van der Waals surface area (Å²) < 4.78 is 0. The maximum atomic E-state index is 9.08. The van der Waals surface area contributed by atoms with Gasteiger partial charge in [0.05, 0.1) is 12.1 Å². The van der Waals surface area contributed by atoms with Crippen LogP contribution in [0, 0.1) is 25.2 Å². The molecule has 0 heterocycles. The zero-order chi connectivity index (χ0) is 13.0. The van der Waals surface area contributed by atoms with E-state index in [0.29, 0.717) is 6.04 Å². The lowest BCUT2D eigenvalue weighted by molar-refractivity contribution is 0.587. The second-order valence-corrected chi connectivity index (χ2v) is 6.17. The number of hydrogen-bond donors (Lipinski definition) is 1. The summed E-state index contributed by atoms with van der Waals surface area (Å²) in [4.78, 5) is 1.35. The third kappa shape index (κ3) is 4.04. The lowest BCUT2D eigenvalue weighted by Crippen LogP contribution is -2.29. The molecule has 0 radical (unpaired) electrons. The van der Waals surface area contributed by atoms with Crippen molar-refractivity contribution in [2.24, 2.45) is 0 Å². The summed E-state index contributed by atoms with van der Waals surface area (Å²) in [7, 11) is 0. The molecule has 18 heavy (non-hydrogen) atoms. The lowest BCUT2D eigenvalue weighted by atomic mass is 10.2. The topological polar surface area (TPSA) is 35.8 Å². The number of hydrogen-bond acceptors (Lipinski definition) is 3. The Morgan fingerprint density at radius 1 is 1.44 bits per heavy atom. The van der Waals surface area contributed by atoms with Crippen molar-refractivity contribution in [1.29, 1.82) is 5.26 Å². The zero-order valence-electron chi connectivity index (χ0n) is 11.1. The van der Waals surface area contributed by atoms with Gasteiger partial charge in [-0.05, 0) is 44.7 Å². The highest BCUT2D eigenvalue weighted by atomic mass is 32.2. The van der Waals surface area contributed by atoms with E-state index in [9.17, 15) is 0 Å². The Balaban J connectivity index is 1.79. The first-order chi connectivity index (χ1) is 8.69. The van der Waals surface area contributed by atoms with Crippen molar-refractivity contribution in [1.82, 2.24) is 5.32 Å². The average molecular weight is 260 g/mol. The molecule has 1 unspecified atom stereocenters. The van der Waals surface area contributed by atoms with Crippen LogP contribution in [0.5, 0.6) is 0 Å². The first-order valence-corrected chi connectivity index (χ1v) is 7.53. The normalized spacial score (nSPS) is 16.3. The summed E-state index contributed by atoms with van der Waals surface area (Å²) in [6.45, 7) is 4.27. The van der Waals surface area contributed by atoms with Gasteiger partial charge in [-0.3, -0.25) is 5.32 Å². The molecule has 3 heteroatoms. The summed E-state index contributed by atoms with van der Waals surface area (Å²) in [6, 6.07) is 9.54. The predicted molar refractivity (Wildman–Crippen MR) is 76.8 cm³/mol. The van der Waals surface area contributed by atoms with Crippen LogP contribution in [0.25, 0.3) is 0 Å². The molecule has 0 aliphatic heterocycles. The Morgan fingerprint density at radius 3 is 2.89 bits per heavy atom. The van der Waals surface area contributed by atoms with Gasteiger partial charge in [-0.2, -0.15) is 5.26 Å². The van der Waals surface area contributed by atoms with Crippen LogP contribution in [-0.2, 0) is 0 Å². The minimum absolute atomic E-state index is 0.0233. The van der Waals surface area contributed by atoms with Crippen molar-refractivity contribution in [3.8, 4) is 6.07 Å². The number of aryl methyl sites for hydroxylation is 2. The molecule has 1 fully saturated rings. The number of nitrogens with one attached hydrogen (secondary N) is 1. The number of benzene rings is 1. The molecule has 1 aliphatic rings. The van der Waals surface area contributed by atoms with Gasteiger partial charge in [0, 0.05) is 16.7 Å². The van der Waals surface area contributed by atoms with Crippen molar-refractivity contribution < 1.29 is 0 Å². The van der Waals surface area contributed by atoms with Crippen LogP contribution in [0.3, 0.4) is 0 Å². The Labute approximate surface area is 114 Å². The largest absolute Gasteiger partial charge is 0.299 e. The molecule has 1 aromatic rings. The van der Waals surface area contributed by atoms with Crippen molar-refractivity contribution in [2.75, 3.05) is 5.75 Å². The lowest BCUT2D eigenvalue weighted by Gasteiger charge is -2.11. The van der Waals surface area contributed by atoms with Crippen molar-refractivity contribution in [2.45, 2.75) is 50.1 Å². The van der Waals surface area contributed by atoms with E-state index in [-0.39, 0.29) is 6.04 Å². The van der Waals surface area contributed by atoms with Gasteiger partial charge in [0.1, 0.15) is 0 Å². The van der Waals surface area contributed by atoms with Crippen LogP contribution in [0.4, 0.5) is 0 Å². The molecule has 1 atom stereocenters. The molecule has 0 saturated heterocycles. The van der Waals surface area contributed by atoms with Crippen molar-refractivity contribution >= 4 is 11.8 Å². The SMILES string of the molecule is Cc1ccc(C)c(SCCC(C#N)NC2CC2)c1. The van der Waals surface area contributed by atoms with Gasteiger partial charge in [-0.25, -0.2) is 0 Å². The van der Waals surface area contributed by atoms with Gasteiger partial charge in [0.25, 0.3) is 0 Å². The summed E-state index contributed by atoms with van der Waals surface area (Å²) in [5.41, 5.74) is 2.63. The predicted octanol–water partition coefficient (Wildman–Crippen LogP) is 3.43. The fourth-order valence-electron chi connectivity index (χ4n) is 1.87. The molecule has 0 amide bonds. The maximum absolute atomic E-state index is 9.08. The number of nitrogens with zero attached hydrogens (tertiary/aromatic N) is 1. The summed E-state index contributed by atoms with van der Waals surface area (Å²) in [5.74, 6) is 1.00. The van der Waals surface area contributed by atoms with E-state index < -0.39 is 0 Å². The van der Waals surface area contributed by atoms with Crippen LogP contribution in [0.1, 0.15) is 30.4 Å². The first kappa shape index (κ1) is 13.5. The van der Waals surface area contributed by atoms with Crippen LogP contribution >= 0.6 is 11.8 Å². The Kier molecular flexibility index (Phi) is 4.68. The Hall–Kier alpha value is -0.980. The molecular weight excluding hydrogens is 240 g/mol. The minimum Gasteiger partial charge on any atom is -0.299 e. The van der Waals surface area contributed by atoms with E-state index in [2.05, 4.69) is 43.4 Å². The highest BCUT2D eigenvalue weighted by molar-refractivity contribution is 7.99. The Bertz CT molecular complexity index is 446. The first-order valence-electron chi connectivity index (χ1n) is 6.55. The van der Waals surface area contributed by atoms with E-state index in [4.69, 9.17) is 5.26 Å². The van der Waals surface area contributed by atoms with Gasteiger partial charge in [-0.1, -0.05) is 17.7 Å². The smallest absolute Gasteiger partial charge is 0.0963 e. The molecular formula is C15H20N2S. The number of nitriles is 1. The van der Waals surface area contributed by atoms with Gasteiger partial charge in [0.2, 0.25) is 0 Å². The third-order valence-corrected chi connectivity index (χ3v) is 4.37. The average Bonchev–Trinajstić information content (AvgIpc) is 3.16. The number of rotatable bonds is 6. The molecule has 1 aromatic carbocycles. The van der Waals surface area contributed by atoms with Gasteiger partial charge in [0.15, 0.2) is 0 Å². The van der Waals surface area contributed by atoms with E-state index in [1.54, 1.807) is 0 Å². The molecule has 0 aromatic heterocycles. The standard InChI is InChI=1S/C15H20N2S/c1-11-3-4-12(2)15(9-11)18-8-7-14(10-16)17-13-5-6-13/h3-4,9,13-14,17H,5-8H2,1-2H3. The van der Waals surface area contributed by atoms with E-state index in [1.807, 2.05) is 11.8 Å². The summed E-state index contributed by atoms with van der Waals surface area (Å²) >= 11 is 1.86. The Morgan fingerprint density at radius 2 is 2.22 bits per heavy atom. The molecule has 1 N–H and O–H groups in total. The van der Waals surface area contributed by atoms with Crippen LogP contribution in [-0.4, -0.2) is 17.8 Å². The fraction of sp³-hybridized carbons (Fsp3) is 0.533. The quantitative estimate of drug-likeness (QED) is 0.796. The molecule has 2 nitrogen and oxygen atoms in total.